The average molecular weight is 383 g/mol. The Hall–Kier alpha value is -2.20. The summed E-state index contributed by atoms with van der Waals surface area (Å²) in [5.74, 6) is -1.79. The SMILES string of the molecule is CC[C@H](NC(=O)[C@@H]1CCCN1C(=O)[C@@H]1CCCN1C(=O)[C@@H](N)CO)C(N)=O. The summed E-state index contributed by atoms with van der Waals surface area (Å²) in [6.45, 7) is 2.05. The van der Waals surface area contributed by atoms with Crippen molar-refractivity contribution in [2.24, 2.45) is 11.5 Å². The van der Waals surface area contributed by atoms with Gasteiger partial charge in [-0.1, -0.05) is 6.92 Å². The minimum Gasteiger partial charge on any atom is -0.394 e. The Morgan fingerprint density at radius 2 is 1.70 bits per heavy atom. The molecule has 10 heteroatoms. The molecule has 2 saturated heterocycles. The number of carbonyl (C=O) groups is 4. The van der Waals surface area contributed by atoms with Gasteiger partial charge in [0, 0.05) is 13.1 Å². The van der Waals surface area contributed by atoms with Gasteiger partial charge < -0.3 is 31.7 Å². The van der Waals surface area contributed by atoms with Gasteiger partial charge in [-0.2, -0.15) is 0 Å². The fourth-order valence-electron chi connectivity index (χ4n) is 3.72. The largest absolute Gasteiger partial charge is 0.394 e. The van der Waals surface area contributed by atoms with Gasteiger partial charge in [-0.15, -0.1) is 0 Å². The van der Waals surface area contributed by atoms with Crippen LogP contribution in [0.15, 0.2) is 0 Å². The minimum atomic E-state index is -1.06. The smallest absolute Gasteiger partial charge is 0.246 e. The van der Waals surface area contributed by atoms with Crippen LogP contribution >= 0.6 is 0 Å². The molecule has 152 valence electrons. The molecule has 0 radical (unpaired) electrons. The summed E-state index contributed by atoms with van der Waals surface area (Å²) in [5, 5.41) is 11.7. The van der Waals surface area contributed by atoms with E-state index in [9.17, 15) is 19.2 Å². The molecule has 0 spiro atoms. The number of nitrogens with zero attached hydrogens (tertiary/aromatic N) is 2. The van der Waals surface area contributed by atoms with E-state index in [0.29, 0.717) is 45.2 Å². The second-order valence-corrected chi connectivity index (χ2v) is 7.04. The quantitative estimate of drug-likeness (QED) is 0.386. The summed E-state index contributed by atoms with van der Waals surface area (Å²) in [6, 6.07) is -3.20. The summed E-state index contributed by atoms with van der Waals surface area (Å²) in [6.07, 6.45) is 2.67. The van der Waals surface area contributed by atoms with Crippen molar-refractivity contribution in [3.05, 3.63) is 0 Å². The molecule has 2 rings (SSSR count). The first-order chi connectivity index (χ1) is 12.8. The van der Waals surface area contributed by atoms with Crippen LogP contribution in [0.1, 0.15) is 39.0 Å². The summed E-state index contributed by atoms with van der Waals surface area (Å²) < 4.78 is 0. The molecule has 4 atom stereocenters. The molecule has 27 heavy (non-hydrogen) atoms. The Balaban J connectivity index is 2.09. The van der Waals surface area contributed by atoms with Gasteiger partial charge >= 0.3 is 0 Å². The number of primary amides is 1. The van der Waals surface area contributed by atoms with Crippen molar-refractivity contribution in [2.75, 3.05) is 19.7 Å². The Labute approximate surface area is 158 Å². The second-order valence-electron chi connectivity index (χ2n) is 7.04. The molecule has 0 bridgehead atoms. The van der Waals surface area contributed by atoms with Gasteiger partial charge in [0.15, 0.2) is 0 Å². The molecule has 2 heterocycles. The van der Waals surface area contributed by atoms with Crippen LogP contribution in [-0.4, -0.2) is 82.4 Å². The average Bonchev–Trinajstić information content (AvgIpc) is 3.33. The highest BCUT2D eigenvalue weighted by Gasteiger charge is 2.43. The van der Waals surface area contributed by atoms with Gasteiger partial charge in [-0.3, -0.25) is 19.2 Å². The van der Waals surface area contributed by atoms with E-state index in [4.69, 9.17) is 16.6 Å². The fraction of sp³-hybridized carbons (Fsp3) is 0.765. The van der Waals surface area contributed by atoms with Crippen LogP contribution in [0, 0.1) is 0 Å². The molecule has 6 N–H and O–H groups in total. The van der Waals surface area contributed by atoms with E-state index in [1.807, 2.05) is 0 Å². The van der Waals surface area contributed by atoms with E-state index in [2.05, 4.69) is 5.32 Å². The Kier molecular flexibility index (Phi) is 7.14. The van der Waals surface area contributed by atoms with Crippen molar-refractivity contribution >= 4 is 23.6 Å². The topological polar surface area (TPSA) is 159 Å². The first-order valence-electron chi connectivity index (χ1n) is 9.38. The molecule has 2 fully saturated rings. The van der Waals surface area contributed by atoms with Gasteiger partial charge in [-0.05, 0) is 32.1 Å². The minimum absolute atomic E-state index is 0.296. The lowest BCUT2D eigenvalue weighted by molar-refractivity contribution is -0.147. The van der Waals surface area contributed by atoms with E-state index >= 15 is 0 Å². The van der Waals surface area contributed by atoms with E-state index in [0.717, 1.165) is 0 Å². The number of aliphatic hydroxyl groups excluding tert-OH is 1. The van der Waals surface area contributed by atoms with Gasteiger partial charge in [0.1, 0.15) is 24.2 Å². The van der Waals surface area contributed by atoms with Crippen LogP contribution < -0.4 is 16.8 Å². The summed E-state index contributed by atoms with van der Waals surface area (Å²) in [4.78, 5) is 52.2. The van der Waals surface area contributed by atoms with Gasteiger partial charge in [-0.25, -0.2) is 0 Å². The monoisotopic (exact) mass is 383 g/mol. The maximum absolute atomic E-state index is 13.0. The number of hydrogen-bond acceptors (Lipinski definition) is 6. The third-order valence-electron chi connectivity index (χ3n) is 5.24. The first-order valence-corrected chi connectivity index (χ1v) is 9.38. The molecule has 0 saturated carbocycles. The Morgan fingerprint density at radius 1 is 1.11 bits per heavy atom. The van der Waals surface area contributed by atoms with Gasteiger partial charge in [0.2, 0.25) is 23.6 Å². The van der Waals surface area contributed by atoms with Crippen molar-refractivity contribution in [2.45, 2.75) is 63.2 Å². The highest BCUT2D eigenvalue weighted by atomic mass is 16.3. The lowest BCUT2D eigenvalue weighted by atomic mass is 10.1. The molecule has 4 amide bonds. The molecule has 0 aromatic heterocycles. The van der Waals surface area contributed by atoms with Crippen molar-refractivity contribution < 1.29 is 24.3 Å². The highest BCUT2D eigenvalue weighted by Crippen LogP contribution is 2.25. The lowest BCUT2D eigenvalue weighted by Gasteiger charge is -2.32. The van der Waals surface area contributed by atoms with E-state index < -0.39 is 48.5 Å². The number of nitrogens with one attached hydrogen (secondary N) is 1. The number of likely N-dealkylation sites (tertiary alicyclic amines) is 2. The third kappa shape index (κ3) is 4.56. The Bertz CT molecular complexity index is 598. The van der Waals surface area contributed by atoms with Crippen LogP contribution in [-0.2, 0) is 19.2 Å². The second kappa shape index (κ2) is 9.14. The zero-order chi connectivity index (χ0) is 20.1. The number of nitrogens with two attached hydrogens (primary N) is 2. The summed E-state index contributed by atoms with van der Waals surface area (Å²) in [5.41, 5.74) is 10.9. The molecular formula is C17H29N5O5. The molecule has 2 aliphatic heterocycles. The van der Waals surface area contributed by atoms with Crippen molar-refractivity contribution in [3.63, 3.8) is 0 Å². The number of aliphatic hydroxyl groups is 1. The lowest BCUT2D eigenvalue weighted by Crippen LogP contribution is -2.57. The maximum atomic E-state index is 13.0. The van der Waals surface area contributed by atoms with E-state index in [-0.39, 0.29) is 5.91 Å². The van der Waals surface area contributed by atoms with E-state index in [1.54, 1.807) is 6.92 Å². The zero-order valence-corrected chi connectivity index (χ0v) is 15.6. The Morgan fingerprint density at radius 3 is 2.26 bits per heavy atom. The van der Waals surface area contributed by atoms with Crippen LogP contribution in [0.2, 0.25) is 0 Å². The highest BCUT2D eigenvalue weighted by molar-refractivity contribution is 5.95. The van der Waals surface area contributed by atoms with Crippen LogP contribution in [0.4, 0.5) is 0 Å². The predicted octanol–water partition coefficient (Wildman–Crippen LogP) is -2.33. The van der Waals surface area contributed by atoms with Crippen LogP contribution in [0.25, 0.3) is 0 Å². The number of amides is 4. The molecule has 0 aromatic rings. The first kappa shape index (κ1) is 21.1. The molecule has 2 aliphatic rings. The summed E-state index contributed by atoms with van der Waals surface area (Å²) in [7, 11) is 0. The van der Waals surface area contributed by atoms with Crippen LogP contribution in [0.5, 0.6) is 0 Å². The molecule has 10 nitrogen and oxygen atoms in total. The number of rotatable bonds is 7. The maximum Gasteiger partial charge on any atom is 0.246 e. The molecule has 0 unspecified atom stereocenters. The molecule has 0 aromatic carbocycles. The molecule has 0 aliphatic carbocycles. The van der Waals surface area contributed by atoms with Gasteiger partial charge in [0.25, 0.3) is 0 Å². The predicted molar refractivity (Wildman–Crippen MR) is 95.9 cm³/mol. The standard InChI is InChI=1S/C17H29N5O5/c1-2-11(14(19)24)20-15(25)12-5-3-7-21(12)17(27)13-6-4-8-22(13)16(26)10(18)9-23/h10-13,23H,2-9,18H2,1H3,(H2,19,24)(H,20,25)/t10-,11-,12-,13-/m0/s1. The normalized spacial score (nSPS) is 24.6. The summed E-state index contributed by atoms with van der Waals surface area (Å²) >= 11 is 0. The van der Waals surface area contributed by atoms with Crippen molar-refractivity contribution in [1.82, 2.24) is 15.1 Å². The third-order valence-corrected chi connectivity index (χ3v) is 5.24. The van der Waals surface area contributed by atoms with Crippen LogP contribution in [0.3, 0.4) is 0 Å². The number of hydrogen-bond donors (Lipinski definition) is 4. The van der Waals surface area contributed by atoms with Gasteiger partial charge in [0.05, 0.1) is 6.61 Å². The van der Waals surface area contributed by atoms with Crippen molar-refractivity contribution in [3.8, 4) is 0 Å². The number of carbonyl (C=O) groups excluding carboxylic acids is 4. The van der Waals surface area contributed by atoms with Crippen molar-refractivity contribution in [1.29, 1.82) is 0 Å². The molecular weight excluding hydrogens is 354 g/mol. The van der Waals surface area contributed by atoms with E-state index in [1.165, 1.54) is 9.80 Å². The zero-order valence-electron chi connectivity index (χ0n) is 15.6. The fourth-order valence-corrected chi connectivity index (χ4v) is 3.72.